The van der Waals surface area contributed by atoms with Crippen LogP contribution >= 0.6 is 0 Å². The number of phenolic OH excluding ortho intramolecular Hbond substituents is 1. The summed E-state index contributed by atoms with van der Waals surface area (Å²) in [5.74, 6) is -5.27. The molecule has 0 bridgehead atoms. The highest BCUT2D eigenvalue weighted by Crippen LogP contribution is 2.11. The van der Waals surface area contributed by atoms with Crippen LogP contribution in [0.5, 0.6) is 5.75 Å². The van der Waals surface area contributed by atoms with Crippen molar-refractivity contribution < 1.29 is 39.0 Å². The summed E-state index contributed by atoms with van der Waals surface area (Å²) in [6.07, 6.45) is -0.485. The second-order valence-electron chi connectivity index (χ2n) is 8.85. The van der Waals surface area contributed by atoms with Gasteiger partial charge < -0.3 is 42.9 Å². The Morgan fingerprint density at radius 3 is 1.93 bits per heavy atom. The maximum atomic E-state index is 12.8. The minimum atomic E-state index is -1.59. The number of rotatable bonds is 15. The van der Waals surface area contributed by atoms with Crippen molar-refractivity contribution in [2.24, 2.45) is 11.5 Å². The van der Waals surface area contributed by atoms with Gasteiger partial charge in [0.1, 0.15) is 17.8 Å². The van der Waals surface area contributed by atoms with E-state index in [0.29, 0.717) is 11.1 Å². The molecule has 2 aromatic rings. The van der Waals surface area contributed by atoms with Crippen LogP contribution in [-0.2, 0) is 41.6 Å². The van der Waals surface area contributed by atoms with Gasteiger partial charge in [-0.1, -0.05) is 42.5 Å². The van der Waals surface area contributed by atoms with E-state index in [2.05, 4.69) is 21.3 Å². The lowest BCUT2D eigenvalue weighted by atomic mass is 10.0. The van der Waals surface area contributed by atoms with Gasteiger partial charge in [-0.2, -0.15) is 0 Å². The summed E-state index contributed by atoms with van der Waals surface area (Å²) in [6, 6.07) is 10.9. The van der Waals surface area contributed by atoms with Gasteiger partial charge in [-0.3, -0.25) is 24.0 Å². The van der Waals surface area contributed by atoms with Crippen LogP contribution < -0.4 is 32.7 Å². The number of carboxylic acids is 1. The number of hydrogen-bond donors (Lipinski definition) is 8. The van der Waals surface area contributed by atoms with Crippen molar-refractivity contribution in [2.45, 2.75) is 37.4 Å². The number of aliphatic carboxylic acids is 1. The zero-order chi connectivity index (χ0) is 29.7. The van der Waals surface area contributed by atoms with E-state index in [1.165, 1.54) is 12.1 Å². The standard InChI is InChI=1S/C26H32N6O8/c27-18(10-16-6-8-17(33)9-7-16)24(37)30-13-22(35)29-14-23(36)31-19(11-15-4-2-1-3-5-15)25(38)32-20(26(39)40)12-21(28)34/h1-9,18-20,33H,10-14,27H2,(H2,28,34)(H,29,35)(H,30,37)(H,31,36)(H,32,38)(H,39,40)/t18-,19-,20-/m0/s1. The summed E-state index contributed by atoms with van der Waals surface area (Å²) in [6.45, 7) is -1.01. The van der Waals surface area contributed by atoms with Crippen LogP contribution in [0.1, 0.15) is 17.5 Å². The molecule has 2 aromatic carbocycles. The third-order valence-electron chi connectivity index (χ3n) is 5.55. The predicted octanol–water partition coefficient (Wildman–Crippen LogP) is -2.33. The fourth-order valence-corrected chi connectivity index (χ4v) is 3.50. The molecule has 0 spiro atoms. The largest absolute Gasteiger partial charge is 0.508 e. The highest BCUT2D eigenvalue weighted by atomic mass is 16.4. The molecule has 40 heavy (non-hydrogen) atoms. The van der Waals surface area contributed by atoms with Crippen molar-refractivity contribution in [3.8, 4) is 5.75 Å². The van der Waals surface area contributed by atoms with Gasteiger partial charge in [-0.05, 0) is 29.7 Å². The Labute approximate surface area is 229 Å². The van der Waals surface area contributed by atoms with Crippen molar-refractivity contribution in [3.63, 3.8) is 0 Å². The SMILES string of the molecule is NC(=O)C[C@H](NC(=O)[C@H](Cc1ccccc1)NC(=O)CNC(=O)CNC(=O)[C@@H](N)Cc1ccc(O)cc1)C(=O)O. The third kappa shape index (κ3) is 11.2. The van der Waals surface area contributed by atoms with Crippen LogP contribution in [0, 0.1) is 0 Å². The van der Waals surface area contributed by atoms with Crippen LogP contribution in [0.15, 0.2) is 54.6 Å². The summed E-state index contributed by atoms with van der Waals surface area (Å²) in [4.78, 5) is 72.2. The van der Waals surface area contributed by atoms with E-state index < -0.39 is 73.1 Å². The van der Waals surface area contributed by atoms with E-state index in [1.807, 2.05) is 0 Å². The summed E-state index contributed by atoms with van der Waals surface area (Å²) in [5.41, 5.74) is 12.3. The van der Waals surface area contributed by atoms with Gasteiger partial charge in [0.25, 0.3) is 0 Å². The molecule has 5 amide bonds. The second-order valence-corrected chi connectivity index (χ2v) is 8.85. The van der Waals surface area contributed by atoms with Crippen molar-refractivity contribution >= 4 is 35.5 Å². The highest BCUT2D eigenvalue weighted by molar-refractivity contribution is 5.94. The molecule has 0 unspecified atom stereocenters. The molecule has 0 aliphatic rings. The number of carbonyl (C=O) groups excluding carboxylic acids is 5. The van der Waals surface area contributed by atoms with Gasteiger partial charge in [0.15, 0.2) is 0 Å². The van der Waals surface area contributed by atoms with Gasteiger partial charge in [-0.25, -0.2) is 4.79 Å². The zero-order valence-electron chi connectivity index (χ0n) is 21.5. The van der Waals surface area contributed by atoms with Gasteiger partial charge in [-0.15, -0.1) is 0 Å². The average Bonchev–Trinajstić information content (AvgIpc) is 2.91. The molecule has 2 rings (SSSR count). The van der Waals surface area contributed by atoms with E-state index in [1.54, 1.807) is 42.5 Å². The molecule has 0 saturated carbocycles. The normalized spacial score (nSPS) is 12.7. The monoisotopic (exact) mass is 556 g/mol. The Kier molecular flexibility index (Phi) is 12.1. The van der Waals surface area contributed by atoms with Crippen molar-refractivity contribution in [3.05, 3.63) is 65.7 Å². The lowest BCUT2D eigenvalue weighted by molar-refractivity contribution is -0.143. The first-order chi connectivity index (χ1) is 18.9. The number of amides is 5. The quantitative estimate of drug-likeness (QED) is 0.117. The van der Waals surface area contributed by atoms with Crippen LogP contribution in [0.25, 0.3) is 0 Å². The molecule has 0 aromatic heterocycles. The van der Waals surface area contributed by atoms with Crippen LogP contribution in [0.2, 0.25) is 0 Å². The number of carbonyl (C=O) groups is 6. The summed E-state index contributed by atoms with van der Waals surface area (Å²) < 4.78 is 0. The molecular weight excluding hydrogens is 524 g/mol. The number of phenols is 1. The number of aromatic hydroxyl groups is 1. The first-order valence-corrected chi connectivity index (χ1v) is 12.2. The molecule has 0 saturated heterocycles. The maximum absolute atomic E-state index is 12.8. The Hall–Kier alpha value is -4.98. The van der Waals surface area contributed by atoms with Gasteiger partial charge in [0.05, 0.1) is 25.6 Å². The summed E-state index contributed by atoms with van der Waals surface area (Å²) in [5, 5.41) is 27.9. The van der Waals surface area contributed by atoms with Crippen molar-refractivity contribution in [2.75, 3.05) is 13.1 Å². The predicted molar refractivity (Wildman–Crippen MR) is 141 cm³/mol. The molecule has 14 nitrogen and oxygen atoms in total. The van der Waals surface area contributed by atoms with E-state index >= 15 is 0 Å². The van der Waals surface area contributed by atoms with Crippen LogP contribution in [0.3, 0.4) is 0 Å². The second kappa shape index (κ2) is 15.4. The molecule has 0 heterocycles. The Bertz CT molecular complexity index is 1210. The minimum Gasteiger partial charge on any atom is -0.508 e. The Balaban J connectivity index is 1.89. The first-order valence-electron chi connectivity index (χ1n) is 12.2. The van der Waals surface area contributed by atoms with Crippen molar-refractivity contribution in [1.29, 1.82) is 0 Å². The minimum absolute atomic E-state index is 0.00968. The summed E-state index contributed by atoms with van der Waals surface area (Å²) in [7, 11) is 0. The van der Waals surface area contributed by atoms with E-state index in [0.717, 1.165) is 0 Å². The van der Waals surface area contributed by atoms with E-state index in [4.69, 9.17) is 11.5 Å². The fourth-order valence-electron chi connectivity index (χ4n) is 3.50. The molecule has 0 radical (unpaired) electrons. The topological polar surface area (TPSA) is 243 Å². The molecule has 214 valence electrons. The zero-order valence-corrected chi connectivity index (χ0v) is 21.5. The number of hydrogen-bond acceptors (Lipinski definition) is 8. The maximum Gasteiger partial charge on any atom is 0.326 e. The van der Waals surface area contributed by atoms with Gasteiger partial charge >= 0.3 is 5.97 Å². The molecule has 0 aliphatic carbocycles. The number of primary amides is 1. The van der Waals surface area contributed by atoms with E-state index in [-0.39, 0.29) is 18.6 Å². The molecular formula is C26H32N6O8. The lowest BCUT2D eigenvalue weighted by Gasteiger charge is -2.21. The number of carboxylic acid groups (broad SMARTS) is 1. The Morgan fingerprint density at radius 2 is 1.32 bits per heavy atom. The Morgan fingerprint density at radius 1 is 0.725 bits per heavy atom. The number of nitrogens with two attached hydrogens (primary N) is 2. The first kappa shape index (κ1) is 31.2. The summed E-state index contributed by atoms with van der Waals surface area (Å²) >= 11 is 0. The smallest absolute Gasteiger partial charge is 0.326 e. The lowest BCUT2D eigenvalue weighted by Crippen LogP contribution is -2.54. The molecule has 14 heteroatoms. The third-order valence-corrected chi connectivity index (χ3v) is 5.55. The molecule has 3 atom stereocenters. The fraction of sp³-hybridized carbons (Fsp3) is 0.308. The average molecular weight is 557 g/mol. The molecule has 0 aliphatic heterocycles. The van der Waals surface area contributed by atoms with Crippen molar-refractivity contribution in [1.82, 2.24) is 21.3 Å². The van der Waals surface area contributed by atoms with E-state index in [9.17, 15) is 39.0 Å². The number of nitrogens with one attached hydrogen (secondary N) is 4. The van der Waals surface area contributed by atoms with Gasteiger partial charge in [0, 0.05) is 6.42 Å². The highest BCUT2D eigenvalue weighted by Gasteiger charge is 2.28. The van der Waals surface area contributed by atoms with Crippen LogP contribution in [-0.4, -0.2) is 76.9 Å². The van der Waals surface area contributed by atoms with Gasteiger partial charge in [0.2, 0.25) is 29.5 Å². The number of benzene rings is 2. The van der Waals surface area contributed by atoms with Crippen LogP contribution in [0.4, 0.5) is 0 Å². The molecule has 0 fully saturated rings. The molecule has 10 N–H and O–H groups in total.